The number of rotatable bonds is 18. The van der Waals surface area contributed by atoms with Crippen molar-refractivity contribution in [1.82, 2.24) is 0 Å². The van der Waals surface area contributed by atoms with Crippen LogP contribution in [0.2, 0.25) is 10.0 Å². The molecule has 4 rings (SSSR count). The predicted molar refractivity (Wildman–Crippen MR) is 196 cm³/mol. The van der Waals surface area contributed by atoms with Crippen molar-refractivity contribution in [1.29, 1.82) is 0 Å². The molecule has 310 valence electrons. The average molecular weight is 862 g/mol. The molecule has 4 aromatic carbocycles. The normalized spacial score (nSPS) is 11.6. The molecule has 0 saturated heterocycles. The Labute approximate surface area is 335 Å². The number of nitro benzene ring substituents is 2. The van der Waals surface area contributed by atoms with E-state index in [1.54, 1.807) is 0 Å². The first-order chi connectivity index (χ1) is 27.3. The molecule has 0 aliphatic rings. The summed E-state index contributed by atoms with van der Waals surface area (Å²) >= 11 is 11.9. The third-order valence-electron chi connectivity index (χ3n) is 8.26. The number of hydrogen-bond acceptors (Lipinski definition) is 10. The van der Waals surface area contributed by atoms with E-state index in [0.29, 0.717) is 37.1 Å². The second kappa shape index (κ2) is 19.7. The molecule has 0 saturated carbocycles. The highest BCUT2D eigenvalue weighted by atomic mass is 35.5. The summed E-state index contributed by atoms with van der Waals surface area (Å²) in [7, 11) is 0. The zero-order valence-corrected chi connectivity index (χ0v) is 31.7. The third-order valence-corrected chi connectivity index (χ3v) is 8.85. The molecule has 0 N–H and O–H groups in total. The lowest BCUT2D eigenvalue weighted by Crippen LogP contribution is -2.25. The van der Waals surface area contributed by atoms with E-state index in [-0.39, 0.29) is 29.4 Å². The van der Waals surface area contributed by atoms with E-state index >= 15 is 0 Å². The molecule has 0 amide bonds. The van der Waals surface area contributed by atoms with Gasteiger partial charge in [0.25, 0.3) is 11.4 Å². The molecular formula is C38H32Cl2F6N2O10. The van der Waals surface area contributed by atoms with Gasteiger partial charge in [-0.15, -0.1) is 0 Å². The number of alkyl halides is 6. The fourth-order valence-corrected chi connectivity index (χ4v) is 5.79. The monoisotopic (exact) mass is 860 g/mol. The van der Waals surface area contributed by atoms with Crippen molar-refractivity contribution in [2.75, 3.05) is 0 Å². The van der Waals surface area contributed by atoms with Crippen LogP contribution in [0, 0.1) is 20.2 Å². The van der Waals surface area contributed by atoms with Gasteiger partial charge in [-0.3, -0.25) is 20.2 Å². The van der Waals surface area contributed by atoms with Crippen LogP contribution in [0.4, 0.5) is 37.7 Å². The van der Waals surface area contributed by atoms with Crippen LogP contribution in [-0.2, 0) is 21.8 Å². The van der Waals surface area contributed by atoms with Crippen LogP contribution in [-0.4, -0.2) is 28.1 Å². The lowest BCUT2D eigenvalue weighted by Gasteiger charge is -2.19. The highest BCUT2D eigenvalue weighted by Gasteiger charge is 2.33. The standard InChI is InChI=1S/C38H32Cl2F6N2O10/c1-2-3-4-5-6-7-8-9-34(57-35(49)26-20-24(12-14-30(26)47(51)52)55-32-16-10-22(18-28(32)39)37(41,42)43)58-36(50)27-21-25(13-15-31(27)48(53)54)56-33-17-11-23(19-29(33)40)38(44,45)46/h10-21,34H,2-9H2,1H3. The molecule has 0 aromatic heterocycles. The van der Waals surface area contributed by atoms with Crippen LogP contribution < -0.4 is 9.47 Å². The second-order valence-electron chi connectivity index (χ2n) is 12.5. The van der Waals surface area contributed by atoms with Crippen molar-refractivity contribution in [3.8, 4) is 23.0 Å². The maximum absolute atomic E-state index is 13.5. The Hall–Kier alpha value is -5.62. The predicted octanol–water partition coefficient (Wildman–Crippen LogP) is 12.9. The zero-order valence-electron chi connectivity index (χ0n) is 30.2. The Bertz CT molecular complexity index is 2010. The number of unbranched alkanes of at least 4 members (excludes halogenated alkanes) is 6. The highest BCUT2D eigenvalue weighted by molar-refractivity contribution is 6.32. The molecule has 4 aromatic rings. The van der Waals surface area contributed by atoms with E-state index in [2.05, 4.69) is 0 Å². The van der Waals surface area contributed by atoms with Crippen molar-refractivity contribution in [2.45, 2.75) is 76.9 Å². The summed E-state index contributed by atoms with van der Waals surface area (Å²) in [5, 5.41) is 22.9. The number of nitro groups is 2. The van der Waals surface area contributed by atoms with Gasteiger partial charge >= 0.3 is 24.3 Å². The minimum atomic E-state index is -4.72. The van der Waals surface area contributed by atoms with Gasteiger partial charge in [0.1, 0.15) is 34.1 Å². The maximum Gasteiger partial charge on any atom is 0.416 e. The van der Waals surface area contributed by atoms with Crippen LogP contribution in [0.15, 0.2) is 72.8 Å². The molecule has 0 heterocycles. The fraction of sp³-hybridized carbons (Fsp3) is 0.316. The van der Waals surface area contributed by atoms with Gasteiger partial charge in [-0.1, -0.05) is 68.7 Å². The van der Waals surface area contributed by atoms with Gasteiger partial charge in [0, 0.05) is 30.7 Å². The van der Waals surface area contributed by atoms with Gasteiger partial charge in [0.15, 0.2) is 0 Å². The molecule has 0 radical (unpaired) electrons. The lowest BCUT2D eigenvalue weighted by atomic mass is 10.1. The quantitative estimate of drug-likeness (QED) is 0.0235. The van der Waals surface area contributed by atoms with Crippen LogP contribution in [0.25, 0.3) is 0 Å². The molecule has 0 aliphatic carbocycles. The number of carbonyl (C=O) groups excluding carboxylic acids is 2. The topological polar surface area (TPSA) is 157 Å². The largest absolute Gasteiger partial charge is 0.456 e. The van der Waals surface area contributed by atoms with E-state index in [4.69, 9.17) is 42.1 Å². The van der Waals surface area contributed by atoms with Crippen LogP contribution in [0.3, 0.4) is 0 Å². The Morgan fingerprint density at radius 2 is 1.02 bits per heavy atom. The summed E-state index contributed by atoms with van der Waals surface area (Å²) in [6.07, 6.45) is -5.90. The summed E-state index contributed by atoms with van der Waals surface area (Å²) in [4.78, 5) is 49.0. The average Bonchev–Trinajstić information content (AvgIpc) is 3.14. The lowest BCUT2D eigenvalue weighted by molar-refractivity contribution is -0.385. The smallest absolute Gasteiger partial charge is 0.416 e. The first kappa shape index (κ1) is 45.1. The van der Waals surface area contributed by atoms with Crippen LogP contribution in [0.5, 0.6) is 23.0 Å². The molecule has 58 heavy (non-hydrogen) atoms. The maximum atomic E-state index is 13.5. The van der Waals surface area contributed by atoms with Crippen molar-refractivity contribution < 1.29 is 64.7 Å². The Morgan fingerprint density at radius 3 is 1.38 bits per heavy atom. The van der Waals surface area contributed by atoms with E-state index < -0.39 is 84.1 Å². The van der Waals surface area contributed by atoms with Gasteiger partial charge in [-0.05, 0) is 55.0 Å². The summed E-state index contributed by atoms with van der Waals surface area (Å²) < 4.78 is 101. The van der Waals surface area contributed by atoms with E-state index in [1.807, 2.05) is 6.92 Å². The van der Waals surface area contributed by atoms with Gasteiger partial charge in [-0.25, -0.2) is 9.59 Å². The molecule has 0 spiro atoms. The van der Waals surface area contributed by atoms with Gasteiger partial charge in [0.05, 0.1) is 31.0 Å². The number of carbonyl (C=O) groups is 2. The SMILES string of the molecule is CCCCCCCCCC(OC(=O)c1cc(Oc2ccc(C(F)(F)F)cc2Cl)ccc1[N+](=O)[O-])OC(=O)c1cc(Oc2ccc(C(F)(F)F)cc2Cl)ccc1[N+](=O)[O-]. The van der Waals surface area contributed by atoms with E-state index in [1.165, 1.54) is 0 Å². The summed E-state index contributed by atoms with van der Waals surface area (Å²) in [6.45, 7) is 2.04. The number of esters is 2. The fourth-order valence-electron chi connectivity index (χ4n) is 5.35. The van der Waals surface area contributed by atoms with Crippen molar-refractivity contribution in [2.24, 2.45) is 0 Å². The number of hydrogen-bond donors (Lipinski definition) is 0. The first-order valence-electron chi connectivity index (χ1n) is 17.4. The molecule has 20 heteroatoms. The third kappa shape index (κ3) is 12.4. The van der Waals surface area contributed by atoms with Crippen molar-refractivity contribution in [3.63, 3.8) is 0 Å². The van der Waals surface area contributed by atoms with Gasteiger partial charge in [0.2, 0.25) is 6.29 Å². The summed E-state index contributed by atoms with van der Waals surface area (Å²) in [5.74, 6) is -3.94. The van der Waals surface area contributed by atoms with E-state index in [9.17, 15) is 56.2 Å². The summed E-state index contributed by atoms with van der Waals surface area (Å²) in [5.41, 5.74) is -5.18. The molecule has 0 unspecified atom stereocenters. The minimum absolute atomic E-state index is 0.165. The second-order valence-corrected chi connectivity index (χ2v) is 13.3. The molecule has 0 bridgehead atoms. The number of nitrogens with zero attached hydrogens (tertiary/aromatic N) is 2. The number of benzene rings is 4. The van der Waals surface area contributed by atoms with Crippen LogP contribution in [0.1, 0.15) is 90.1 Å². The Balaban J connectivity index is 1.62. The molecule has 0 fully saturated rings. The van der Waals surface area contributed by atoms with Crippen LogP contribution >= 0.6 is 23.2 Å². The molecule has 0 aliphatic heterocycles. The van der Waals surface area contributed by atoms with Crippen molar-refractivity contribution in [3.05, 3.63) is 125 Å². The molecular weight excluding hydrogens is 829 g/mol. The Morgan fingerprint density at radius 1 is 0.621 bits per heavy atom. The summed E-state index contributed by atoms with van der Waals surface area (Å²) in [6, 6.07) is 9.89. The highest BCUT2D eigenvalue weighted by Crippen LogP contribution is 2.39. The number of ether oxygens (including phenoxy) is 4. The first-order valence-corrected chi connectivity index (χ1v) is 18.1. The van der Waals surface area contributed by atoms with Crippen molar-refractivity contribution >= 4 is 46.5 Å². The number of halogens is 8. The minimum Gasteiger partial charge on any atom is -0.456 e. The molecule has 12 nitrogen and oxygen atoms in total. The molecule has 0 atom stereocenters. The zero-order chi connectivity index (χ0) is 42.8. The van der Waals surface area contributed by atoms with Gasteiger partial charge in [-0.2, -0.15) is 26.3 Å². The Kier molecular flexibility index (Phi) is 15.3. The van der Waals surface area contributed by atoms with Gasteiger partial charge < -0.3 is 18.9 Å². The van der Waals surface area contributed by atoms with E-state index in [0.717, 1.165) is 80.6 Å².